The summed E-state index contributed by atoms with van der Waals surface area (Å²) < 4.78 is 0. The first-order valence-electron chi connectivity index (χ1n) is 3.61. The largest absolute Gasteiger partial charge is 0.513 e. The standard InChI is InChI=1S/C10H12O/c1-8-5-3-4-6-10(8)7-9(2)11/h3-6,11H,2,7H2,1H3. The Kier molecular flexibility index (Phi) is 2.32. The molecule has 0 saturated heterocycles. The molecule has 1 aromatic rings. The summed E-state index contributed by atoms with van der Waals surface area (Å²) in [5, 5.41) is 8.94. The number of aliphatic hydroxyl groups excluding tert-OH is 1. The van der Waals surface area contributed by atoms with Crippen molar-refractivity contribution in [3.8, 4) is 0 Å². The van der Waals surface area contributed by atoms with Crippen molar-refractivity contribution in [2.24, 2.45) is 0 Å². The molecule has 0 aromatic heterocycles. The van der Waals surface area contributed by atoms with E-state index in [9.17, 15) is 0 Å². The summed E-state index contributed by atoms with van der Waals surface area (Å²) >= 11 is 0. The average molecular weight is 148 g/mol. The van der Waals surface area contributed by atoms with Crippen molar-refractivity contribution in [3.63, 3.8) is 0 Å². The van der Waals surface area contributed by atoms with Crippen LogP contribution in [0.1, 0.15) is 11.1 Å². The number of rotatable bonds is 2. The lowest BCUT2D eigenvalue weighted by molar-refractivity contribution is 0.401. The molecule has 0 spiro atoms. The maximum Gasteiger partial charge on any atom is 0.0894 e. The molecule has 0 aliphatic carbocycles. The molecule has 58 valence electrons. The van der Waals surface area contributed by atoms with Gasteiger partial charge in [-0.2, -0.15) is 0 Å². The molecular weight excluding hydrogens is 136 g/mol. The maximum atomic E-state index is 8.94. The molecule has 0 amide bonds. The van der Waals surface area contributed by atoms with Gasteiger partial charge in [0.25, 0.3) is 0 Å². The van der Waals surface area contributed by atoms with Crippen molar-refractivity contribution in [1.82, 2.24) is 0 Å². The van der Waals surface area contributed by atoms with Crippen LogP contribution >= 0.6 is 0 Å². The van der Waals surface area contributed by atoms with Gasteiger partial charge in [0.1, 0.15) is 0 Å². The summed E-state index contributed by atoms with van der Waals surface area (Å²) in [6, 6.07) is 7.97. The first-order valence-corrected chi connectivity index (χ1v) is 3.61. The molecule has 1 nitrogen and oxygen atoms in total. The van der Waals surface area contributed by atoms with Gasteiger partial charge in [-0.05, 0) is 18.1 Å². The zero-order valence-electron chi connectivity index (χ0n) is 6.67. The van der Waals surface area contributed by atoms with Gasteiger partial charge in [0.05, 0.1) is 5.76 Å². The van der Waals surface area contributed by atoms with Crippen molar-refractivity contribution >= 4 is 0 Å². The summed E-state index contributed by atoms with van der Waals surface area (Å²) in [6.45, 7) is 5.47. The molecule has 0 aliphatic rings. The molecule has 0 unspecified atom stereocenters. The minimum atomic E-state index is 0.222. The minimum Gasteiger partial charge on any atom is -0.513 e. The molecule has 0 radical (unpaired) electrons. The first kappa shape index (κ1) is 7.86. The molecule has 0 heterocycles. The molecule has 1 rings (SSSR count). The van der Waals surface area contributed by atoms with Crippen LogP contribution in [0.2, 0.25) is 0 Å². The van der Waals surface area contributed by atoms with Gasteiger partial charge < -0.3 is 5.11 Å². The van der Waals surface area contributed by atoms with Crippen LogP contribution in [0, 0.1) is 6.92 Å². The van der Waals surface area contributed by atoms with E-state index in [-0.39, 0.29) is 5.76 Å². The van der Waals surface area contributed by atoms with E-state index in [1.807, 2.05) is 31.2 Å². The predicted molar refractivity (Wildman–Crippen MR) is 46.7 cm³/mol. The molecule has 0 bridgehead atoms. The lowest BCUT2D eigenvalue weighted by Gasteiger charge is -2.02. The fraction of sp³-hybridized carbons (Fsp3) is 0.200. The smallest absolute Gasteiger partial charge is 0.0894 e. The van der Waals surface area contributed by atoms with Crippen LogP contribution in [0.4, 0.5) is 0 Å². The number of benzene rings is 1. The van der Waals surface area contributed by atoms with Crippen LogP contribution in [0.5, 0.6) is 0 Å². The second-order valence-corrected chi connectivity index (χ2v) is 2.67. The van der Waals surface area contributed by atoms with E-state index in [0.29, 0.717) is 6.42 Å². The highest BCUT2D eigenvalue weighted by Crippen LogP contribution is 2.09. The van der Waals surface area contributed by atoms with Gasteiger partial charge in [0, 0.05) is 6.42 Å². The van der Waals surface area contributed by atoms with Crippen molar-refractivity contribution in [3.05, 3.63) is 47.7 Å². The molecule has 1 heteroatoms. The van der Waals surface area contributed by atoms with Crippen molar-refractivity contribution in [2.45, 2.75) is 13.3 Å². The Morgan fingerprint density at radius 1 is 1.45 bits per heavy atom. The number of allylic oxidation sites excluding steroid dienone is 1. The highest BCUT2D eigenvalue weighted by atomic mass is 16.3. The van der Waals surface area contributed by atoms with Crippen LogP contribution in [-0.2, 0) is 6.42 Å². The van der Waals surface area contributed by atoms with E-state index in [1.54, 1.807) is 0 Å². The van der Waals surface area contributed by atoms with E-state index in [0.717, 1.165) is 5.56 Å². The molecule has 1 aromatic carbocycles. The lowest BCUT2D eigenvalue weighted by atomic mass is 10.1. The highest BCUT2D eigenvalue weighted by molar-refractivity contribution is 5.27. The van der Waals surface area contributed by atoms with E-state index < -0.39 is 0 Å². The third-order valence-electron chi connectivity index (χ3n) is 1.66. The summed E-state index contributed by atoms with van der Waals surface area (Å²) in [4.78, 5) is 0. The Hall–Kier alpha value is -1.24. The number of hydrogen-bond donors (Lipinski definition) is 1. The fourth-order valence-electron chi connectivity index (χ4n) is 1.03. The third kappa shape index (κ3) is 2.11. The third-order valence-corrected chi connectivity index (χ3v) is 1.66. The predicted octanol–water partition coefficient (Wildman–Crippen LogP) is 2.61. The number of aryl methyl sites for hydroxylation is 1. The Bertz CT molecular complexity index is 263. The SMILES string of the molecule is C=C(O)Cc1ccccc1C. The minimum absolute atomic E-state index is 0.222. The van der Waals surface area contributed by atoms with E-state index >= 15 is 0 Å². The molecule has 0 atom stereocenters. The summed E-state index contributed by atoms with van der Waals surface area (Å²) in [6.07, 6.45) is 0.562. The van der Waals surface area contributed by atoms with E-state index in [1.165, 1.54) is 5.56 Å². The lowest BCUT2D eigenvalue weighted by Crippen LogP contribution is -1.90. The highest BCUT2D eigenvalue weighted by Gasteiger charge is 1.96. The monoisotopic (exact) mass is 148 g/mol. The quantitative estimate of drug-likeness (QED) is 0.639. The number of aliphatic hydroxyl groups is 1. The van der Waals surface area contributed by atoms with Crippen molar-refractivity contribution in [2.75, 3.05) is 0 Å². The van der Waals surface area contributed by atoms with Gasteiger partial charge in [-0.1, -0.05) is 30.8 Å². The van der Waals surface area contributed by atoms with Crippen LogP contribution < -0.4 is 0 Å². The van der Waals surface area contributed by atoms with Crippen molar-refractivity contribution in [1.29, 1.82) is 0 Å². The van der Waals surface area contributed by atoms with Gasteiger partial charge in [-0.3, -0.25) is 0 Å². The van der Waals surface area contributed by atoms with E-state index in [4.69, 9.17) is 5.11 Å². The van der Waals surface area contributed by atoms with Crippen LogP contribution in [0.25, 0.3) is 0 Å². The van der Waals surface area contributed by atoms with Crippen LogP contribution in [-0.4, -0.2) is 5.11 Å². The summed E-state index contributed by atoms with van der Waals surface area (Å²) in [5.41, 5.74) is 2.34. The van der Waals surface area contributed by atoms with Gasteiger partial charge in [0.2, 0.25) is 0 Å². The molecule has 11 heavy (non-hydrogen) atoms. The first-order chi connectivity index (χ1) is 5.20. The molecule has 0 fully saturated rings. The van der Waals surface area contributed by atoms with Crippen molar-refractivity contribution < 1.29 is 5.11 Å². The Labute approximate surface area is 67.0 Å². The fourth-order valence-corrected chi connectivity index (χ4v) is 1.03. The zero-order valence-corrected chi connectivity index (χ0v) is 6.67. The molecule has 0 aliphatic heterocycles. The van der Waals surface area contributed by atoms with Gasteiger partial charge in [-0.25, -0.2) is 0 Å². The normalized spacial score (nSPS) is 9.55. The van der Waals surface area contributed by atoms with Crippen LogP contribution in [0.15, 0.2) is 36.6 Å². The zero-order chi connectivity index (χ0) is 8.27. The summed E-state index contributed by atoms with van der Waals surface area (Å²) in [7, 11) is 0. The number of hydrogen-bond acceptors (Lipinski definition) is 1. The molecular formula is C10H12O. The van der Waals surface area contributed by atoms with E-state index in [2.05, 4.69) is 6.58 Å². The topological polar surface area (TPSA) is 20.2 Å². The Morgan fingerprint density at radius 3 is 2.64 bits per heavy atom. The maximum absolute atomic E-state index is 8.94. The van der Waals surface area contributed by atoms with Gasteiger partial charge >= 0.3 is 0 Å². The second kappa shape index (κ2) is 3.24. The molecule has 1 N–H and O–H groups in total. The average Bonchev–Trinajstić information content (AvgIpc) is 1.93. The Morgan fingerprint density at radius 2 is 2.09 bits per heavy atom. The summed E-state index contributed by atoms with van der Waals surface area (Å²) in [5.74, 6) is 0.222. The van der Waals surface area contributed by atoms with Crippen LogP contribution in [0.3, 0.4) is 0 Å². The van der Waals surface area contributed by atoms with Gasteiger partial charge in [-0.15, -0.1) is 0 Å². The van der Waals surface area contributed by atoms with Gasteiger partial charge in [0.15, 0.2) is 0 Å². The second-order valence-electron chi connectivity index (χ2n) is 2.67. The Balaban J connectivity index is 2.86. The molecule has 0 saturated carbocycles.